The minimum absolute atomic E-state index is 0.152. The van der Waals surface area contributed by atoms with Gasteiger partial charge in [0.1, 0.15) is 5.82 Å². The van der Waals surface area contributed by atoms with Crippen LogP contribution in [0.25, 0.3) is 11.4 Å². The molecule has 0 bridgehead atoms. The lowest BCUT2D eigenvalue weighted by atomic mass is 10.1. The number of hydrogen-bond donors (Lipinski definition) is 1. The molecule has 1 N–H and O–H groups in total. The third-order valence-corrected chi connectivity index (χ3v) is 5.24. The van der Waals surface area contributed by atoms with Crippen LogP contribution in [-0.4, -0.2) is 46.8 Å². The predicted molar refractivity (Wildman–Crippen MR) is 111 cm³/mol. The van der Waals surface area contributed by atoms with Crippen molar-refractivity contribution in [2.75, 3.05) is 32.1 Å². The third-order valence-electron chi connectivity index (χ3n) is 5.24. The number of nitrogens with zero attached hydrogens (tertiary/aromatic N) is 4. The Morgan fingerprint density at radius 2 is 2.10 bits per heavy atom. The zero-order valence-corrected chi connectivity index (χ0v) is 17.0. The predicted octanol–water partition coefficient (Wildman–Crippen LogP) is 3.84. The van der Waals surface area contributed by atoms with E-state index in [2.05, 4.69) is 51.5 Å². The molecule has 0 spiro atoms. The Hall–Kier alpha value is -2.77. The summed E-state index contributed by atoms with van der Waals surface area (Å²) in [5, 5.41) is 7.52. The van der Waals surface area contributed by atoms with Crippen LogP contribution in [-0.2, 0) is 11.3 Å². The van der Waals surface area contributed by atoms with Gasteiger partial charge in [-0.2, -0.15) is 4.98 Å². The molecular weight excluding hydrogens is 366 g/mol. The number of aromatic nitrogens is 3. The van der Waals surface area contributed by atoms with E-state index < -0.39 is 0 Å². The highest BCUT2D eigenvalue weighted by atomic mass is 16.5. The van der Waals surface area contributed by atoms with Crippen molar-refractivity contribution in [3.05, 3.63) is 59.6 Å². The zero-order chi connectivity index (χ0) is 20.1. The highest BCUT2D eigenvalue weighted by molar-refractivity contribution is 5.69. The van der Waals surface area contributed by atoms with Crippen LogP contribution in [0, 0.1) is 6.92 Å². The van der Waals surface area contributed by atoms with Crippen molar-refractivity contribution in [1.29, 1.82) is 0 Å². The first-order valence-electron chi connectivity index (χ1n) is 10.1. The van der Waals surface area contributed by atoms with E-state index in [9.17, 15) is 0 Å². The van der Waals surface area contributed by atoms with Crippen molar-refractivity contribution < 1.29 is 9.26 Å². The van der Waals surface area contributed by atoms with E-state index in [1.807, 2.05) is 12.1 Å². The SMILES string of the molecule is COCCNc1ncccc1-c1noc(C2CCCN2Cc2ccc(C)cc2)n1. The smallest absolute Gasteiger partial charge is 0.244 e. The van der Waals surface area contributed by atoms with Gasteiger partial charge < -0.3 is 14.6 Å². The second-order valence-corrected chi connectivity index (χ2v) is 7.39. The molecule has 3 heterocycles. The van der Waals surface area contributed by atoms with Gasteiger partial charge >= 0.3 is 0 Å². The number of hydrogen-bond acceptors (Lipinski definition) is 7. The molecule has 0 saturated carbocycles. The minimum atomic E-state index is 0.152. The van der Waals surface area contributed by atoms with E-state index >= 15 is 0 Å². The molecule has 7 heteroatoms. The van der Waals surface area contributed by atoms with Crippen LogP contribution in [0.2, 0.25) is 0 Å². The second kappa shape index (κ2) is 9.15. The first kappa shape index (κ1) is 19.5. The van der Waals surface area contributed by atoms with Gasteiger partial charge in [-0.1, -0.05) is 35.0 Å². The Bertz CT molecular complexity index is 925. The quantitative estimate of drug-likeness (QED) is 0.583. The fraction of sp³-hybridized carbons (Fsp3) is 0.409. The van der Waals surface area contributed by atoms with Crippen molar-refractivity contribution in [3.63, 3.8) is 0 Å². The van der Waals surface area contributed by atoms with Gasteiger partial charge in [0.25, 0.3) is 0 Å². The van der Waals surface area contributed by atoms with Crippen molar-refractivity contribution in [2.24, 2.45) is 0 Å². The molecular formula is C22H27N5O2. The van der Waals surface area contributed by atoms with E-state index in [4.69, 9.17) is 14.2 Å². The average Bonchev–Trinajstić information content (AvgIpc) is 3.40. The van der Waals surface area contributed by atoms with Crippen LogP contribution in [0.4, 0.5) is 5.82 Å². The lowest BCUT2D eigenvalue weighted by molar-refractivity contribution is 0.201. The third kappa shape index (κ3) is 4.63. The van der Waals surface area contributed by atoms with Crippen molar-refractivity contribution >= 4 is 5.82 Å². The summed E-state index contributed by atoms with van der Waals surface area (Å²) >= 11 is 0. The lowest BCUT2D eigenvalue weighted by Crippen LogP contribution is -2.23. The fourth-order valence-electron chi connectivity index (χ4n) is 3.70. The molecule has 3 aromatic rings. The average molecular weight is 393 g/mol. The molecule has 29 heavy (non-hydrogen) atoms. The molecule has 1 aromatic carbocycles. The Kier molecular flexibility index (Phi) is 6.17. The maximum atomic E-state index is 5.69. The summed E-state index contributed by atoms with van der Waals surface area (Å²) in [6.07, 6.45) is 3.91. The summed E-state index contributed by atoms with van der Waals surface area (Å²) in [7, 11) is 1.68. The summed E-state index contributed by atoms with van der Waals surface area (Å²) in [6.45, 7) is 5.30. The van der Waals surface area contributed by atoms with E-state index in [1.165, 1.54) is 11.1 Å². The summed E-state index contributed by atoms with van der Waals surface area (Å²) in [6, 6.07) is 12.7. The molecule has 0 amide bonds. The van der Waals surface area contributed by atoms with Gasteiger partial charge in [-0.3, -0.25) is 4.90 Å². The summed E-state index contributed by atoms with van der Waals surface area (Å²) in [4.78, 5) is 11.6. The summed E-state index contributed by atoms with van der Waals surface area (Å²) in [5.41, 5.74) is 3.42. The minimum Gasteiger partial charge on any atom is -0.383 e. The summed E-state index contributed by atoms with van der Waals surface area (Å²) in [5.74, 6) is 1.98. The molecule has 0 radical (unpaired) electrons. The largest absolute Gasteiger partial charge is 0.383 e. The number of aryl methyl sites for hydroxylation is 1. The number of methoxy groups -OCH3 is 1. The van der Waals surface area contributed by atoms with E-state index in [-0.39, 0.29) is 6.04 Å². The van der Waals surface area contributed by atoms with Gasteiger partial charge in [0.15, 0.2) is 0 Å². The van der Waals surface area contributed by atoms with Crippen molar-refractivity contribution in [2.45, 2.75) is 32.4 Å². The molecule has 1 fully saturated rings. The number of anilines is 1. The zero-order valence-electron chi connectivity index (χ0n) is 17.0. The molecule has 0 aliphatic carbocycles. The van der Waals surface area contributed by atoms with Crippen LogP contribution in [0.15, 0.2) is 47.1 Å². The normalized spacial score (nSPS) is 17.0. The Balaban J connectivity index is 1.50. The number of pyridine rings is 1. The number of rotatable bonds is 8. The highest BCUT2D eigenvalue weighted by Crippen LogP contribution is 2.34. The van der Waals surface area contributed by atoms with Gasteiger partial charge in [-0.25, -0.2) is 4.98 Å². The topological polar surface area (TPSA) is 76.3 Å². The van der Waals surface area contributed by atoms with Crippen molar-refractivity contribution in [1.82, 2.24) is 20.0 Å². The van der Waals surface area contributed by atoms with Crippen LogP contribution < -0.4 is 5.32 Å². The van der Waals surface area contributed by atoms with Crippen LogP contribution in [0.3, 0.4) is 0 Å². The number of benzene rings is 1. The van der Waals surface area contributed by atoms with E-state index in [0.29, 0.717) is 24.9 Å². The van der Waals surface area contributed by atoms with Crippen LogP contribution in [0.5, 0.6) is 0 Å². The standard InChI is InChI=1S/C22H27N5O2/c1-16-7-9-17(10-8-16)15-27-13-4-6-19(27)22-25-21(26-29-22)18-5-3-11-23-20(18)24-12-14-28-2/h3,5,7-11,19H,4,6,12-15H2,1-2H3,(H,23,24). The van der Waals surface area contributed by atoms with Gasteiger partial charge in [0.2, 0.25) is 11.7 Å². The van der Waals surface area contributed by atoms with E-state index in [0.717, 1.165) is 37.3 Å². The van der Waals surface area contributed by atoms with Gasteiger partial charge in [-0.05, 0) is 44.0 Å². The lowest BCUT2D eigenvalue weighted by Gasteiger charge is -2.21. The Morgan fingerprint density at radius 1 is 1.24 bits per heavy atom. The molecule has 1 aliphatic heterocycles. The summed E-state index contributed by atoms with van der Waals surface area (Å²) < 4.78 is 10.8. The first-order valence-corrected chi connectivity index (χ1v) is 10.1. The second-order valence-electron chi connectivity index (χ2n) is 7.39. The van der Waals surface area contributed by atoms with Gasteiger partial charge in [0.05, 0.1) is 18.2 Å². The molecule has 1 saturated heterocycles. The molecule has 7 nitrogen and oxygen atoms in total. The number of nitrogens with one attached hydrogen (secondary N) is 1. The maximum absolute atomic E-state index is 5.69. The van der Waals surface area contributed by atoms with Gasteiger partial charge in [0, 0.05) is 26.4 Å². The fourth-order valence-corrected chi connectivity index (χ4v) is 3.70. The number of ether oxygens (including phenoxy) is 1. The molecule has 152 valence electrons. The van der Waals surface area contributed by atoms with Crippen molar-refractivity contribution in [3.8, 4) is 11.4 Å². The highest BCUT2D eigenvalue weighted by Gasteiger charge is 2.31. The maximum Gasteiger partial charge on any atom is 0.244 e. The van der Waals surface area contributed by atoms with Crippen LogP contribution >= 0.6 is 0 Å². The number of likely N-dealkylation sites (tertiary alicyclic amines) is 1. The molecule has 2 aromatic heterocycles. The molecule has 1 aliphatic rings. The molecule has 1 atom stereocenters. The Morgan fingerprint density at radius 3 is 2.93 bits per heavy atom. The molecule has 1 unspecified atom stereocenters. The Labute approximate surface area is 171 Å². The first-order chi connectivity index (χ1) is 14.2. The van der Waals surface area contributed by atoms with E-state index in [1.54, 1.807) is 13.3 Å². The monoisotopic (exact) mass is 393 g/mol. The van der Waals surface area contributed by atoms with Crippen LogP contribution in [0.1, 0.15) is 35.9 Å². The molecule has 4 rings (SSSR count). The van der Waals surface area contributed by atoms with Gasteiger partial charge in [-0.15, -0.1) is 0 Å².